The molecule has 0 radical (unpaired) electrons. The quantitative estimate of drug-likeness (QED) is 0.331. The van der Waals surface area contributed by atoms with Gasteiger partial charge in [0.2, 0.25) is 5.88 Å². The van der Waals surface area contributed by atoms with Gasteiger partial charge in [0.15, 0.2) is 5.82 Å². The van der Waals surface area contributed by atoms with Crippen LogP contribution >= 0.6 is 35.0 Å². The highest BCUT2D eigenvalue weighted by Gasteiger charge is 2.48. The number of hydrogen-bond donors (Lipinski definition) is 2. The van der Waals surface area contributed by atoms with Gasteiger partial charge in [-0.1, -0.05) is 23.2 Å². The molecule has 3 aromatic rings. The molecule has 11 heteroatoms. The number of rotatable bonds is 7. The summed E-state index contributed by atoms with van der Waals surface area (Å²) in [5.74, 6) is 4.35. The zero-order valence-corrected chi connectivity index (χ0v) is 24.9. The van der Waals surface area contributed by atoms with E-state index in [2.05, 4.69) is 20.7 Å². The smallest absolute Gasteiger partial charge is 0.274 e. The van der Waals surface area contributed by atoms with Gasteiger partial charge in [-0.25, -0.2) is 9.67 Å². The van der Waals surface area contributed by atoms with Gasteiger partial charge >= 0.3 is 0 Å². The Balaban J connectivity index is 1.18. The second-order valence-electron chi connectivity index (χ2n) is 11.9. The summed E-state index contributed by atoms with van der Waals surface area (Å²) in [6.07, 6.45) is 7.76. The molecular formula is C30H31Cl2N5O3S. The molecule has 1 saturated heterocycles. The van der Waals surface area contributed by atoms with Crippen LogP contribution < -0.4 is 15.4 Å². The number of pyridine rings is 1. The maximum absolute atomic E-state index is 13.8. The number of aromatic nitrogens is 3. The standard InChI is InChI=1S/C30H31Cl2N5O3S/c1-15-5-20(31)11-22(29(38)35-27-18-7-16-6-17(9-18)10-19(27)8-16)26(15)34-30(39)24-12-25(40-21-13-41-14-21)36-37(24)28-23(32)3-2-4-33-28/h2-5,11-12,16-19,21,27H,6-10,13-14H2,1H3,(H,34,39)(H,35,38). The first-order chi connectivity index (χ1) is 19.8. The zero-order valence-electron chi connectivity index (χ0n) is 22.6. The van der Waals surface area contributed by atoms with Crippen LogP contribution in [0, 0.1) is 30.6 Å². The molecule has 8 rings (SSSR count). The molecule has 4 saturated carbocycles. The minimum absolute atomic E-state index is 0.0393. The number of halogens is 2. The van der Waals surface area contributed by atoms with E-state index in [4.69, 9.17) is 27.9 Å². The van der Waals surface area contributed by atoms with Crippen LogP contribution in [-0.4, -0.2) is 50.2 Å². The van der Waals surface area contributed by atoms with Crippen LogP contribution in [0.15, 0.2) is 36.5 Å². The second kappa shape index (κ2) is 10.8. The molecule has 5 aliphatic rings. The largest absolute Gasteiger partial charge is 0.472 e. The second-order valence-corrected chi connectivity index (χ2v) is 13.8. The lowest BCUT2D eigenvalue weighted by atomic mass is 9.54. The Bertz CT molecular complexity index is 1500. The number of nitrogens with zero attached hydrogens (tertiary/aromatic N) is 3. The molecule has 0 unspecified atom stereocenters. The summed E-state index contributed by atoms with van der Waals surface area (Å²) in [5, 5.41) is 11.6. The Morgan fingerprint density at radius 2 is 1.76 bits per heavy atom. The molecule has 3 heterocycles. The van der Waals surface area contributed by atoms with E-state index < -0.39 is 5.91 Å². The number of thioether (sulfide) groups is 1. The molecule has 1 aliphatic heterocycles. The molecule has 214 valence electrons. The fourth-order valence-electron chi connectivity index (χ4n) is 7.38. The minimum atomic E-state index is -0.467. The van der Waals surface area contributed by atoms with Gasteiger partial charge in [0.25, 0.3) is 11.8 Å². The van der Waals surface area contributed by atoms with E-state index in [1.54, 1.807) is 48.3 Å². The molecule has 1 aromatic carbocycles. The van der Waals surface area contributed by atoms with Crippen molar-refractivity contribution in [3.8, 4) is 11.7 Å². The minimum Gasteiger partial charge on any atom is -0.472 e. The van der Waals surface area contributed by atoms with Crippen LogP contribution in [0.2, 0.25) is 10.0 Å². The normalized spacial score (nSPS) is 26.5. The number of carbonyl (C=O) groups excluding carboxylic acids is 2. The number of carbonyl (C=O) groups is 2. The highest BCUT2D eigenvalue weighted by atomic mass is 35.5. The van der Waals surface area contributed by atoms with E-state index in [0.29, 0.717) is 50.4 Å². The van der Waals surface area contributed by atoms with Crippen molar-refractivity contribution in [2.75, 3.05) is 16.8 Å². The molecule has 0 spiro atoms. The van der Waals surface area contributed by atoms with E-state index in [1.807, 2.05) is 6.92 Å². The van der Waals surface area contributed by atoms with Gasteiger partial charge in [0, 0.05) is 34.8 Å². The zero-order chi connectivity index (χ0) is 28.2. The molecule has 2 aromatic heterocycles. The third-order valence-electron chi connectivity index (χ3n) is 9.06. The van der Waals surface area contributed by atoms with E-state index in [1.165, 1.54) is 36.8 Å². The number of hydrogen-bond acceptors (Lipinski definition) is 6. The summed E-state index contributed by atoms with van der Waals surface area (Å²) in [7, 11) is 0. The number of ether oxygens (including phenoxy) is 1. The summed E-state index contributed by atoms with van der Waals surface area (Å²) >= 11 is 14.7. The summed E-state index contributed by atoms with van der Waals surface area (Å²) in [6.45, 7) is 1.83. The Labute approximate surface area is 252 Å². The van der Waals surface area contributed by atoms with Gasteiger partial charge in [-0.3, -0.25) is 9.59 Å². The van der Waals surface area contributed by atoms with Crippen molar-refractivity contribution in [1.82, 2.24) is 20.1 Å². The average molecular weight is 613 g/mol. The first kappa shape index (κ1) is 27.1. The van der Waals surface area contributed by atoms with Crippen LogP contribution in [0.1, 0.15) is 58.5 Å². The van der Waals surface area contributed by atoms with E-state index in [0.717, 1.165) is 23.3 Å². The van der Waals surface area contributed by atoms with Gasteiger partial charge < -0.3 is 15.4 Å². The third kappa shape index (κ3) is 5.21. The number of benzene rings is 1. The molecule has 4 aliphatic carbocycles. The topological polar surface area (TPSA) is 98.1 Å². The molecule has 2 amide bonds. The van der Waals surface area contributed by atoms with Crippen LogP contribution in [-0.2, 0) is 0 Å². The fourth-order valence-corrected chi connectivity index (χ4v) is 8.42. The van der Waals surface area contributed by atoms with Crippen molar-refractivity contribution < 1.29 is 14.3 Å². The van der Waals surface area contributed by atoms with E-state index in [-0.39, 0.29) is 23.7 Å². The van der Waals surface area contributed by atoms with Crippen molar-refractivity contribution in [2.24, 2.45) is 23.7 Å². The van der Waals surface area contributed by atoms with E-state index >= 15 is 0 Å². The Morgan fingerprint density at radius 3 is 2.41 bits per heavy atom. The maximum Gasteiger partial charge on any atom is 0.274 e. The molecule has 41 heavy (non-hydrogen) atoms. The lowest BCUT2D eigenvalue weighted by molar-refractivity contribution is -0.0119. The molecular weight excluding hydrogens is 581 g/mol. The maximum atomic E-state index is 13.8. The van der Waals surface area contributed by atoms with Gasteiger partial charge in [-0.15, -0.1) is 5.10 Å². The van der Waals surface area contributed by atoms with Crippen LogP contribution in [0.4, 0.5) is 5.69 Å². The first-order valence-corrected chi connectivity index (χ1v) is 16.1. The summed E-state index contributed by atoms with van der Waals surface area (Å²) in [5.41, 5.74) is 1.64. The fraction of sp³-hybridized carbons (Fsp3) is 0.467. The summed E-state index contributed by atoms with van der Waals surface area (Å²) < 4.78 is 7.37. The Morgan fingerprint density at radius 1 is 1.02 bits per heavy atom. The van der Waals surface area contributed by atoms with Crippen molar-refractivity contribution in [3.63, 3.8) is 0 Å². The molecule has 0 atom stereocenters. The number of aryl methyl sites for hydroxylation is 1. The van der Waals surface area contributed by atoms with Crippen molar-refractivity contribution in [3.05, 3.63) is 63.4 Å². The number of nitrogens with one attached hydrogen (secondary N) is 2. The summed E-state index contributed by atoms with van der Waals surface area (Å²) in [4.78, 5) is 32.0. The predicted molar refractivity (Wildman–Crippen MR) is 161 cm³/mol. The predicted octanol–water partition coefficient (Wildman–Crippen LogP) is 6.18. The van der Waals surface area contributed by atoms with Crippen molar-refractivity contribution in [1.29, 1.82) is 0 Å². The highest BCUT2D eigenvalue weighted by molar-refractivity contribution is 8.00. The average Bonchev–Trinajstić information content (AvgIpc) is 3.33. The Kier molecular flexibility index (Phi) is 7.16. The van der Waals surface area contributed by atoms with Gasteiger partial charge in [-0.2, -0.15) is 11.8 Å². The highest BCUT2D eigenvalue weighted by Crippen LogP contribution is 2.53. The molecule has 8 nitrogen and oxygen atoms in total. The lowest BCUT2D eigenvalue weighted by Crippen LogP contribution is -2.55. The first-order valence-electron chi connectivity index (χ1n) is 14.2. The van der Waals surface area contributed by atoms with Crippen LogP contribution in [0.5, 0.6) is 5.88 Å². The van der Waals surface area contributed by atoms with Crippen molar-refractivity contribution in [2.45, 2.75) is 51.2 Å². The van der Waals surface area contributed by atoms with Crippen molar-refractivity contribution >= 4 is 52.5 Å². The number of amides is 2. The van der Waals surface area contributed by atoms with Gasteiger partial charge in [-0.05, 0) is 92.5 Å². The lowest BCUT2D eigenvalue weighted by Gasteiger charge is -2.54. The van der Waals surface area contributed by atoms with Crippen LogP contribution in [0.3, 0.4) is 0 Å². The van der Waals surface area contributed by atoms with Crippen LogP contribution in [0.25, 0.3) is 5.82 Å². The van der Waals surface area contributed by atoms with Gasteiger partial charge in [0.1, 0.15) is 11.8 Å². The van der Waals surface area contributed by atoms with Gasteiger partial charge in [0.05, 0.1) is 16.3 Å². The molecule has 5 fully saturated rings. The number of anilines is 1. The molecule has 2 N–H and O–H groups in total. The van der Waals surface area contributed by atoms with E-state index in [9.17, 15) is 9.59 Å². The third-order valence-corrected chi connectivity index (χ3v) is 10.8. The monoisotopic (exact) mass is 611 g/mol. The summed E-state index contributed by atoms with van der Waals surface area (Å²) in [6, 6.07) is 8.52. The molecule has 4 bridgehead atoms. The Hall–Kier alpha value is -2.75. The SMILES string of the molecule is Cc1cc(Cl)cc(C(=O)NC2C3CC4CC(C3)CC2C4)c1NC(=O)c1cc(OC2CSC2)nn1-c1ncccc1Cl.